The number of thiophene rings is 1. The molecule has 2 aromatic carbocycles. The molecule has 1 atom stereocenters. The van der Waals surface area contributed by atoms with Gasteiger partial charge in [0.05, 0.1) is 23.4 Å². The van der Waals surface area contributed by atoms with Crippen molar-refractivity contribution in [1.29, 1.82) is 0 Å². The van der Waals surface area contributed by atoms with Crippen LogP contribution in [0.15, 0.2) is 45.7 Å². The molecule has 2 N–H and O–H groups in total. The minimum atomic E-state index is -5.00. The Morgan fingerprint density at radius 1 is 1.14 bits per heavy atom. The lowest BCUT2D eigenvalue weighted by atomic mass is 10.2. The first kappa shape index (κ1) is 27.6. The second-order valence-electron chi connectivity index (χ2n) is 6.87. The van der Waals surface area contributed by atoms with Gasteiger partial charge < -0.3 is 14.2 Å². The molecule has 0 bridgehead atoms. The van der Waals surface area contributed by atoms with Gasteiger partial charge in [0.25, 0.3) is 10.0 Å². The first-order valence-corrected chi connectivity index (χ1v) is 13.5. The lowest BCUT2D eigenvalue weighted by molar-refractivity contribution is -0.140. The molecule has 0 aliphatic rings. The molecule has 3 aromatic rings. The quantitative estimate of drug-likeness (QED) is 0.0831. The van der Waals surface area contributed by atoms with E-state index in [0.717, 1.165) is 12.1 Å². The number of ether oxygens (including phenoxy) is 1. The van der Waals surface area contributed by atoms with Crippen molar-refractivity contribution in [2.75, 3.05) is 19.4 Å². The van der Waals surface area contributed by atoms with Gasteiger partial charge in [-0.3, -0.25) is 0 Å². The maximum Gasteiger partial charge on any atom is 0.419 e. The molecule has 1 unspecified atom stereocenters. The monoisotopic (exact) mass is 572 g/mol. The summed E-state index contributed by atoms with van der Waals surface area (Å²) in [6.07, 6.45) is -6.22. The molecule has 3 rings (SSSR count). The molecule has 0 aliphatic heterocycles. The Labute approximate surface area is 203 Å². The molecule has 0 aliphatic carbocycles. The molecule has 0 fully saturated rings. The summed E-state index contributed by atoms with van der Waals surface area (Å²) in [7, 11) is -9.30. The zero-order valence-corrected chi connectivity index (χ0v) is 20.1. The third-order valence-corrected chi connectivity index (χ3v) is 8.56. The Balaban J connectivity index is 1.73. The SMILES string of the molecule is [N-]=[N+]=NCCOc1cc(F)c2sc(S(=O)(=O)NCP(=O)(O)Oc3ccc(C(F)(F)F)c(F)c3)cc2c1. The highest BCUT2D eigenvalue weighted by Gasteiger charge is 2.35. The Hall–Kier alpha value is -2.94. The number of sulfonamides is 1. The normalized spacial score (nSPS) is 13.7. The Bertz CT molecular complexity index is 1490. The number of halogens is 5. The molecular weight excluding hydrogens is 558 g/mol. The van der Waals surface area contributed by atoms with Crippen molar-refractivity contribution < 1.29 is 49.1 Å². The van der Waals surface area contributed by atoms with Gasteiger partial charge in [0.15, 0.2) is 0 Å². The minimum absolute atomic E-state index is 0.0221. The summed E-state index contributed by atoms with van der Waals surface area (Å²) in [6, 6.07) is 4.56. The summed E-state index contributed by atoms with van der Waals surface area (Å²) in [4.78, 5) is 12.4. The van der Waals surface area contributed by atoms with Crippen molar-refractivity contribution in [2.24, 2.45) is 5.11 Å². The first-order valence-electron chi connectivity index (χ1n) is 9.46. The molecule has 0 spiro atoms. The van der Waals surface area contributed by atoms with Gasteiger partial charge in [0.1, 0.15) is 33.6 Å². The molecule has 0 saturated heterocycles. The van der Waals surface area contributed by atoms with Gasteiger partial charge in [-0.1, -0.05) is 5.11 Å². The van der Waals surface area contributed by atoms with Gasteiger partial charge in [-0.25, -0.2) is 21.8 Å². The smallest absolute Gasteiger partial charge is 0.419 e. The maximum absolute atomic E-state index is 14.4. The molecule has 1 heterocycles. The number of nitrogens with zero attached hydrogens (tertiary/aromatic N) is 3. The Kier molecular flexibility index (Phi) is 8.13. The summed E-state index contributed by atoms with van der Waals surface area (Å²) in [5, 5.41) is 3.39. The molecule has 0 radical (unpaired) electrons. The van der Waals surface area contributed by atoms with Crippen LogP contribution in [0.5, 0.6) is 11.5 Å². The number of fused-ring (bicyclic) bond motifs is 1. The highest BCUT2D eigenvalue weighted by atomic mass is 32.2. The van der Waals surface area contributed by atoms with Crippen molar-refractivity contribution >= 4 is 39.0 Å². The Morgan fingerprint density at radius 2 is 1.83 bits per heavy atom. The lowest BCUT2D eigenvalue weighted by Gasteiger charge is -2.15. The van der Waals surface area contributed by atoms with Crippen LogP contribution in [0.1, 0.15) is 5.56 Å². The van der Waals surface area contributed by atoms with Crippen LogP contribution in [0.4, 0.5) is 22.0 Å². The van der Waals surface area contributed by atoms with Gasteiger partial charge >= 0.3 is 13.8 Å². The number of benzene rings is 2. The van der Waals surface area contributed by atoms with Crippen molar-refractivity contribution in [2.45, 2.75) is 10.4 Å². The van der Waals surface area contributed by atoms with E-state index in [-0.39, 0.29) is 35.1 Å². The number of azide groups is 1. The summed E-state index contributed by atoms with van der Waals surface area (Å²) in [5.74, 6) is -3.26. The van der Waals surface area contributed by atoms with E-state index < -0.39 is 57.2 Å². The topological polar surface area (TPSA) is 151 Å². The fourth-order valence-corrected chi connectivity index (χ4v) is 6.65. The van der Waals surface area contributed by atoms with E-state index >= 15 is 0 Å². The van der Waals surface area contributed by atoms with Gasteiger partial charge in [0, 0.05) is 22.4 Å². The fraction of sp³-hybridized carbons (Fsp3) is 0.222. The predicted molar refractivity (Wildman–Crippen MR) is 118 cm³/mol. The van der Waals surface area contributed by atoms with E-state index in [2.05, 4.69) is 14.5 Å². The van der Waals surface area contributed by atoms with Crippen LogP contribution in [-0.4, -0.2) is 32.7 Å². The molecule has 1 aromatic heterocycles. The van der Waals surface area contributed by atoms with E-state index in [1.807, 2.05) is 0 Å². The Morgan fingerprint density at radius 3 is 2.47 bits per heavy atom. The second-order valence-corrected chi connectivity index (χ2v) is 11.7. The predicted octanol–water partition coefficient (Wildman–Crippen LogP) is 5.39. The molecule has 18 heteroatoms. The van der Waals surface area contributed by atoms with Crippen LogP contribution in [0.25, 0.3) is 20.5 Å². The summed E-state index contributed by atoms with van der Waals surface area (Å²) in [5.41, 5.74) is 6.61. The van der Waals surface area contributed by atoms with Gasteiger partial charge in [-0.2, -0.15) is 17.9 Å². The largest absolute Gasteiger partial charge is 0.493 e. The zero-order valence-electron chi connectivity index (χ0n) is 17.6. The summed E-state index contributed by atoms with van der Waals surface area (Å²) in [6.45, 7) is -0.0772. The summed E-state index contributed by atoms with van der Waals surface area (Å²) < 4.78 is 114. The molecule has 194 valence electrons. The van der Waals surface area contributed by atoms with Crippen molar-refractivity contribution in [3.63, 3.8) is 0 Å². The highest BCUT2D eigenvalue weighted by molar-refractivity contribution is 7.92. The molecule has 0 saturated carbocycles. The van der Waals surface area contributed by atoms with Crippen LogP contribution in [0, 0.1) is 11.6 Å². The second kappa shape index (κ2) is 10.6. The number of rotatable bonds is 10. The van der Waals surface area contributed by atoms with Gasteiger partial charge in [-0.15, -0.1) is 11.3 Å². The molecule has 10 nitrogen and oxygen atoms in total. The van der Waals surface area contributed by atoms with Crippen molar-refractivity contribution in [3.05, 3.63) is 64.0 Å². The lowest BCUT2D eigenvalue weighted by Crippen LogP contribution is -2.25. The van der Waals surface area contributed by atoms with E-state index in [4.69, 9.17) is 10.3 Å². The summed E-state index contributed by atoms with van der Waals surface area (Å²) >= 11 is 0.516. The highest BCUT2D eigenvalue weighted by Crippen LogP contribution is 2.43. The van der Waals surface area contributed by atoms with Gasteiger partial charge in [0.2, 0.25) is 0 Å². The van der Waals surface area contributed by atoms with E-state index in [1.165, 1.54) is 6.07 Å². The minimum Gasteiger partial charge on any atom is -0.493 e. The van der Waals surface area contributed by atoms with Crippen molar-refractivity contribution in [1.82, 2.24) is 4.72 Å². The van der Waals surface area contributed by atoms with Crippen LogP contribution >= 0.6 is 18.9 Å². The molecular formula is C18H14F5N4O6PS2. The average molecular weight is 572 g/mol. The molecule has 36 heavy (non-hydrogen) atoms. The van der Waals surface area contributed by atoms with E-state index in [9.17, 15) is 39.8 Å². The standard InChI is InChI=1S/C18H14F5N4O6PS2/c19-14-7-11(1-2-13(14)18(21,22)23)33-34(28,29)9-26-36(30,31)16-6-10-5-12(32-4-3-25-27-24)8-15(20)17(10)35-16/h1-2,5-8,26H,3-4,9H2,(H,28,29). The van der Waals surface area contributed by atoms with Crippen LogP contribution in [0.3, 0.4) is 0 Å². The fourth-order valence-electron chi connectivity index (χ4n) is 2.74. The number of alkyl halides is 3. The maximum atomic E-state index is 14.4. The van der Waals surface area contributed by atoms with E-state index in [1.54, 1.807) is 4.72 Å². The van der Waals surface area contributed by atoms with Crippen molar-refractivity contribution in [3.8, 4) is 11.5 Å². The van der Waals surface area contributed by atoms with E-state index in [0.29, 0.717) is 23.5 Å². The third kappa shape index (κ3) is 6.84. The number of hydrogen-bond acceptors (Lipinski definition) is 7. The average Bonchev–Trinajstić information content (AvgIpc) is 3.20. The first-order chi connectivity index (χ1) is 16.7. The zero-order chi connectivity index (χ0) is 26.7. The third-order valence-electron chi connectivity index (χ3n) is 4.26. The number of nitrogens with one attached hydrogen (secondary N) is 1. The van der Waals surface area contributed by atoms with Crippen LogP contribution in [-0.2, 0) is 20.8 Å². The van der Waals surface area contributed by atoms with Crippen LogP contribution in [0.2, 0.25) is 0 Å². The number of hydrogen-bond donors (Lipinski definition) is 2. The van der Waals surface area contributed by atoms with Gasteiger partial charge in [-0.05, 0) is 29.8 Å². The molecule has 0 amide bonds. The van der Waals surface area contributed by atoms with Crippen LogP contribution < -0.4 is 14.0 Å².